The molecule has 11 heteroatoms. The third kappa shape index (κ3) is 6.90. The van der Waals surface area contributed by atoms with Gasteiger partial charge in [-0.3, -0.25) is 0 Å². The van der Waals surface area contributed by atoms with Crippen LogP contribution in [-0.4, -0.2) is 50.7 Å². The van der Waals surface area contributed by atoms with Gasteiger partial charge in [-0.05, 0) is 55.7 Å². The van der Waals surface area contributed by atoms with E-state index in [4.69, 9.17) is 28.4 Å². The summed E-state index contributed by atoms with van der Waals surface area (Å²) in [6.07, 6.45) is 0. The van der Waals surface area contributed by atoms with E-state index in [0.717, 1.165) is 49.5 Å². The Bertz CT molecular complexity index is 1510. The van der Waals surface area contributed by atoms with Crippen molar-refractivity contribution in [2.24, 2.45) is 0 Å². The van der Waals surface area contributed by atoms with E-state index in [1.54, 1.807) is 42.7 Å². The smallest absolute Gasteiger partial charge is 1.00 e. The molecule has 4 aromatic rings. The summed E-state index contributed by atoms with van der Waals surface area (Å²) in [5, 5.41) is 4.03. The van der Waals surface area contributed by atoms with Gasteiger partial charge >= 0.3 is 21.7 Å². The van der Waals surface area contributed by atoms with Gasteiger partial charge in [0.2, 0.25) is 0 Å². The molecule has 0 unspecified atom stereocenters. The maximum Gasteiger partial charge on any atom is 4.00 e. The Hall–Kier alpha value is -2.39. The Morgan fingerprint density at radius 3 is 0.979 bits per heavy atom. The molecule has 0 heterocycles. The fourth-order valence-electron chi connectivity index (χ4n) is 6.90. The third-order valence-electron chi connectivity index (χ3n) is 9.16. The number of hydrogen-bond donors (Lipinski definition) is 0. The Morgan fingerprint density at radius 1 is 0.468 bits per heavy atom. The molecule has 6 nitrogen and oxygen atoms in total. The number of benzene rings is 3. The molecule has 47 heavy (non-hydrogen) atoms. The number of aryl methyl sites for hydroxylation is 3. The van der Waals surface area contributed by atoms with E-state index in [1.807, 2.05) is 36.4 Å². The molecule has 0 N–H and O–H groups in total. The molecule has 4 aromatic carbocycles. The number of ether oxygens (including phenoxy) is 6. The summed E-state index contributed by atoms with van der Waals surface area (Å²) in [4.78, 5) is 0. The van der Waals surface area contributed by atoms with Gasteiger partial charge in [-0.2, -0.15) is 27.4 Å². The first-order valence-electron chi connectivity index (χ1n) is 14.4. The van der Waals surface area contributed by atoms with E-state index >= 15 is 0 Å². The largest absolute Gasteiger partial charge is 4.00 e. The third-order valence-corrected chi connectivity index (χ3v) is 14.3. The average molecular weight is 756 g/mol. The van der Waals surface area contributed by atoms with Crippen molar-refractivity contribution in [3.05, 3.63) is 75.3 Å². The summed E-state index contributed by atoms with van der Waals surface area (Å²) in [6.45, 7) is 15.0. The zero-order chi connectivity index (χ0) is 31.8. The van der Waals surface area contributed by atoms with Crippen LogP contribution >= 0.6 is 0 Å². The molecule has 0 bridgehead atoms. The van der Waals surface area contributed by atoms with E-state index in [-0.39, 0.29) is 58.9 Å². The molecular weight excluding hydrogens is 711 g/mol. The molecule has 0 radical (unpaired) electrons. The average Bonchev–Trinajstić information content (AvgIpc) is 3.20. The summed E-state index contributed by atoms with van der Waals surface area (Å²) in [5.41, 5.74) is 7.84. The van der Waals surface area contributed by atoms with Crippen LogP contribution < -0.4 is 86.4 Å². The SMILES string of the molecule is COc1ccc(C)c(OC)c1[Si](c1c(OC)ccc(C)c1OC)(c1c(OC)ccc(C)c1OC)c1c(C)c(C)c(C)[c-]1C.[Cl-].[Cl-].[Cl-].[Ti+4]. The van der Waals surface area contributed by atoms with Gasteiger partial charge in [0.15, 0.2) is 8.07 Å². The minimum absolute atomic E-state index is 0. The van der Waals surface area contributed by atoms with Gasteiger partial charge < -0.3 is 65.6 Å². The summed E-state index contributed by atoms with van der Waals surface area (Å²) in [6, 6.07) is 12.2. The zero-order valence-corrected chi connectivity index (χ0v) is 34.4. The Labute approximate surface area is 315 Å². The van der Waals surface area contributed by atoms with E-state index in [9.17, 15) is 0 Å². The first-order valence-corrected chi connectivity index (χ1v) is 16.4. The Morgan fingerprint density at radius 2 is 0.766 bits per heavy atom. The van der Waals surface area contributed by atoms with E-state index in [1.165, 1.54) is 27.4 Å². The van der Waals surface area contributed by atoms with Gasteiger partial charge in [-0.25, -0.2) is 0 Å². The van der Waals surface area contributed by atoms with Crippen LogP contribution in [0.2, 0.25) is 0 Å². The quantitative estimate of drug-likeness (QED) is 0.0937. The molecule has 0 aliphatic carbocycles. The standard InChI is InChI=1S/C36H45O6Si.3ClH.Ti/c1-20-14-17-27(37-8)34(30(20)40-11)43(33-25(6)23(4)24(5)26(33)7,35-28(38-9)18-15-21(2)31(35)41-12)36-29(39-10)19-16-22(3)32(36)42-13;;;;/h14-19H,1-13H3;3*1H;/q-1;;;;+4/p-3. The molecular formula is C36H45Cl3O6SiTi. The molecule has 254 valence electrons. The maximum absolute atomic E-state index is 6.35. The normalized spacial score (nSPS) is 10.4. The second-order valence-electron chi connectivity index (χ2n) is 11.1. The van der Waals surface area contributed by atoms with E-state index < -0.39 is 8.07 Å². The van der Waals surface area contributed by atoms with Crippen LogP contribution in [0.5, 0.6) is 34.5 Å². The maximum atomic E-state index is 6.35. The number of methoxy groups -OCH3 is 6. The van der Waals surface area contributed by atoms with Crippen molar-refractivity contribution in [1.29, 1.82) is 0 Å². The number of halogens is 3. The molecule has 0 fully saturated rings. The molecule has 0 aliphatic heterocycles. The van der Waals surface area contributed by atoms with Crippen molar-refractivity contribution in [2.75, 3.05) is 42.7 Å². The van der Waals surface area contributed by atoms with Crippen molar-refractivity contribution in [3.63, 3.8) is 0 Å². The number of rotatable bonds is 10. The minimum atomic E-state index is -3.64. The molecule has 0 atom stereocenters. The molecule has 0 amide bonds. The zero-order valence-electron chi connectivity index (χ0n) is 29.5. The van der Waals surface area contributed by atoms with Gasteiger partial charge in [0.25, 0.3) is 0 Å². The molecule has 0 aromatic heterocycles. The fourth-order valence-corrected chi connectivity index (χ4v) is 13.5. The topological polar surface area (TPSA) is 55.4 Å². The van der Waals surface area contributed by atoms with Crippen LogP contribution in [0.15, 0.2) is 36.4 Å². The van der Waals surface area contributed by atoms with Crippen LogP contribution in [-0.2, 0) is 21.7 Å². The summed E-state index contributed by atoms with van der Waals surface area (Å²) in [7, 11) is 6.67. The second-order valence-corrected chi connectivity index (χ2v) is 14.6. The first kappa shape index (κ1) is 44.6. The fraction of sp³-hybridized carbons (Fsp3) is 0.361. The Balaban J connectivity index is 0.00000529. The predicted octanol–water partition coefficient (Wildman–Crippen LogP) is -4.00. The predicted molar refractivity (Wildman–Crippen MR) is 178 cm³/mol. The molecule has 0 saturated heterocycles. The van der Waals surface area contributed by atoms with Gasteiger partial charge in [0.1, 0.15) is 34.5 Å². The van der Waals surface area contributed by atoms with Crippen molar-refractivity contribution in [1.82, 2.24) is 0 Å². The van der Waals surface area contributed by atoms with Gasteiger partial charge in [0, 0.05) is 15.6 Å². The summed E-state index contributed by atoms with van der Waals surface area (Å²) in [5.74, 6) is 4.37. The van der Waals surface area contributed by atoms with Gasteiger partial charge in [-0.1, -0.05) is 45.9 Å². The van der Waals surface area contributed by atoms with Gasteiger partial charge in [0.05, 0.1) is 42.7 Å². The molecule has 0 spiro atoms. The molecule has 4 rings (SSSR count). The van der Waals surface area contributed by atoms with Crippen molar-refractivity contribution in [2.45, 2.75) is 48.5 Å². The Kier molecular flexibility index (Phi) is 16.9. The second kappa shape index (κ2) is 17.8. The van der Waals surface area contributed by atoms with Crippen LogP contribution in [0.3, 0.4) is 0 Å². The van der Waals surface area contributed by atoms with Crippen LogP contribution in [0.1, 0.15) is 38.9 Å². The molecule has 0 saturated carbocycles. The monoisotopic (exact) mass is 754 g/mol. The van der Waals surface area contributed by atoms with Gasteiger partial charge in [-0.15, -0.1) is 0 Å². The van der Waals surface area contributed by atoms with Crippen molar-refractivity contribution < 1.29 is 87.4 Å². The van der Waals surface area contributed by atoms with Crippen molar-refractivity contribution in [3.8, 4) is 34.5 Å². The minimum Gasteiger partial charge on any atom is -1.00 e. The first-order chi connectivity index (χ1) is 20.5. The van der Waals surface area contributed by atoms with Crippen molar-refractivity contribution >= 4 is 28.8 Å². The molecule has 0 aliphatic rings. The summed E-state index contributed by atoms with van der Waals surface area (Å²) < 4.78 is 37.9. The van der Waals surface area contributed by atoms with Crippen LogP contribution in [0, 0.1) is 48.5 Å². The van der Waals surface area contributed by atoms with Crippen LogP contribution in [0.4, 0.5) is 0 Å². The van der Waals surface area contributed by atoms with Crippen LogP contribution in [0.25, 0.3) is 0 Å². The number of hydrogen-bond acceptors (Lipinski definition) is 6. The van der Waals surface area contributed by atoms with E-state index in [2.05, 4.69) is 48.5 Å². The summed E-state index contributed by atoms with van der Waals surface area (Å²) >= 11 is 0. The van der Waals surface area contributed by atoms with E-state index in [0.29, 0.717) is 17.2 Å².